The Morgan fingerprint density at radius 2 is 2.00 bits per heavy atom. The predicted molar refractivity (Wildman–Crippen MR) is 66.1 cm³/mol. The Morgan fingerprint density at radius 3 is 2.61 bits per heavy atom. The van der Waals surface area contributed by atoms with Gasteiger partial charge in [0.25, 0.3) is 5.56 Å². The second-order valence-electron chi connectivity index (χ2n) is 3.69. The Bertz CT molecular complexity index is 635. The fourth-order valence-electron chi connectivity index (χ4n) is 1.51. The number of carboxylic acids is 1. The summed E-state index contributed by atoms with van der Waals surface area (Å²) < 4.78 is 0. The topological polar surface area (TPSA) is 83.0 Å². The smallest absolute Gasteiger partial charge is 0.372 e. The Labute approximate surface area is 107 Å². The van der Waals surface area contributed by atoms with Crippen molar-refractivity contribution in [2.24, 2.45) is 0 Å². The Morgan fingerprint density at radius 1 is 1.33 bits per heavy atom. The molecule has 18 heavy (non-hydrogen) atoms. The zero-order valence-electron chi connectivity index (χ0n) is 9.18. The first-order valence-electron chi connectivity index (χ1n) is 5.12. The van der Waals surface area contributed by atoms with Crippen LogP contribution in [0, 0.1) is 0 Å². The van der Waals surface area contributed by atoms with Crippen LogP contribution < -0.4 is 5.56 Å². The van der Waals surface area contributed by atoms with Crippen molar-refractivity contribution in [2.75, 3.05) is 0 Å². The standard InChI is InChI=1S/C12H9ClN2O3/c13-8-3-1-7(2-4-8)5-9-6-10(16)15-11(14-9)12(17)18/h1-4,6H,5H2,(H,17,18)(H,14,15,16). The molecule has 0 fully saturated rings. The van der Waals surface area contributed by atoms with Crippen LogP contribution in [0.1, 0.15) is 21.9 Å². The molecule has 1 heterocycles. The van der Waals surface area contributed by atoms with E-state index in [-0.39, 0.29) is 5.82 Å². The predicted octanol–water partition coefficient (Wildman–Crippen LogP) is 1.71. The highest BCUT2D eigenvalue weighted by atomic mass is 35.5. The Kier molecular flexibility index (Phi) is 3.43. The van der Waals surface area contributed by atoms with Gasteiger partial charge in [-0.1, -0.05) is 23.7 Å². The van der Waals surface area contributed by atoms with E-state index in [0.717, 1.165) is 5.56 Å². The number of halogens is 1. The lowest BCUT2D eigenvalue weighted by atomic mass is 10.1. The molecule has 2 rings (SSSR count). The van der Waals surface area contributed by atoms with Crippen molar-refractivity contribution < 1.29 is 9.90 Å². The van der Waals surface area contributed by atoms with Crippen LogP contribution >= 0.6 is 11.6 Å². The number of aromatic amines is 1. The maximum atomic E-state index is 11.3. The Balaban J connectivity index is 2.31. The maximum Gasteiger partial charge on any atom is 0.372 e. The summed E-state index contributed by atoms with van der Waals surface area (Å²) in [6, 6.07) is 8.32. The van der Waals surface area contributed by atoms with Crippen molar-refractivity contribution in [3.63, 3.8) is 0 Å². The molecule has 1 aromatic carbocycles. The summed E-state index contributed by atoms with van der Waals surface area (Å²) in [5.41, 5.74) is 0.818. The van der Waals surface area contributed by atoms with Gasteiger partial charge in [-0.3, -0.25) is 4.79 Å². The van der Waals surface area contributed by atoms with Crippen molar-refractivity contribution in [1.82, 2.24) is 9.97 Å². The van der Waals surface area contributed by atoms with Gasteiger partial charge in [0.1, 0.15) is 0 Å². The number of benzene rings is 1. The summed E-state index contributed by atoms with van der Waals surface area (Å²) in [4.78, 5) is 28.0. The van der Waals surface area contributed by atoms with Crippen LogP contribution in [0.15, 0.2) is 35.1 Å². The lowest BCUT2D eigenvalue weighted by Gasteiger charge is -2.02. The molecule has 0 radical (unpaired) electrons. The van der Waals surface area contributed by atoms with E-state index in [0.29, 0.717) is 17.1 Å². The van der Waals surface area contributed by atoms with Gasteiger partial charge in [0.05, 0.1) is 5.69 Å². The molecule has 0 atom stereocenters. The van der Waals surface area contributed by atoms with Gasteiger partial charge < -0.3 is 10.1 Å². The third-order valence-corrected chi connectivity index (χ3v) is 2.55. The first kappa shape index (κ1) is 12.3. The highest BCUT2D eigenvalue weighted by Crippen LogP contribution is 2.12. The van der Waals surface area contributed by atoms with Crippen LogP contribution in [0.5, 0.6) is 0 Å². The van der Waals surface area contributed by atoms with Crippen molar-refractivity contribution in [1.29, 1.82) is 0 Å². The van der Waals surface area contributed by atoms with E-state index >= 15 is 0 Å². The van der Waals surface area contributed by atoms with Gasteiger partial charge in [0.15, 0.2) is 0 Å². The van der Waals surface area contributed by atoms with E-state index < -0.39 is 11.5 Å². The zero-order valence-corrected chi connectivity index (χ0v) is 9.94. The normalized spacial score (nSPS) is 10.3. The van der Waals surface area contributed by atoms with Crippen molar-refractivity contribution >= 4 is 17.6 Å². The zero-order chi connectivity index (χ0) is 13.1. The number of hydrogen-bond donors (Lipinski definition) is 2. The molecule has 0 spiro atoms. The monoisotopic (exact) mass is 264 g/mol. The molecule has 0 aliphatic heterocycles. The van der Waals surface area contributed by atoms with Crippen LogP contribution in [-0.4, -0.2) is 21.0 Å². The summed E-state index contributed by atoms with van der Waals surface area (Å²) in [7, 11) is 0. The highest BCUT2D eigenvalue weighted by Gasteiger charge is 2.08. The van der Waals surface area contributed by atoms with E-state index in [9.17, 15) is 9.59 Å². The average Bonchev–Trinajstić information content (AvgIpc) is 2.31. The van der Waals surface area contributed by atoms with Gasteiger partial charge in [0.2, 0.25) is 5.82 Å². The first-order valence-corrected chi connectivity index (χ1v) is 5.50. The second-order valence-corrected chi connectivity index (χ2v) is 4.13. The summed E-state index contributed by atoms with van der Waals surface area (Å²) in [6.07, 6.45) is 0.376. The van der Waals surface area contributed by atoms with Gasteiger partial charge in [-0.05, 0) is 17.7 Å². The van der Waals surface area contributed by atoms with Gasteiger partial charge >= 0.3 is 5.97 Å². The molecule has 0 aliphatic rings. The van der Waals surface area contributed by atoms with E-state index in [1.54, 1.807) is 24.3 Å². The number of nitrogens with one attached hydrogen (secondary N) is 1. The van der Waals surface area contributed by atoms with Crippen LogP contribution in [0.2, 0.25) is 5.02 Å². The summed E-state index contributed by atoms with van der Waals surface area (Å²) in [5, 5.41) is 9.40. The number of carbonyl (C=O) groups is 1. The van der Waals surface area contributed by atoms with Gasteiger partial charge in [-0.2, -0.15) is 0 Å². The quantitative estimate of drug-likeness (QED) is 0.884. The largest absolute Gasteiger partial charge is 0.475 e. The number of rotatable bonds is 3. The molecular weight excluding hydrogens is 256 g/mol. The number of hydrogen-bond acceptors (Lipinski definition) is 3. The molecule has 0 amide bonds. The molecule has 1 aromatic heterocycles. The Hall–Kier alpha value is -2.14. The summed E-state index contributed by atoms with van der Waals surface area (Å²) in [5.74, 6) is -1.61. The molecule has 5 nitrogen and oxygen atoms in total. The molecule has 0 unspecified atom stereocenters. The highest BCUT2D eigenvalue weighted by molar-refractivity contribution is 6.30. The minimum atomic E-state index is -1.26. The molecule has 0 bridgehead atoms. The molecule has 0 saturated carbocycles. The van der Waals surface area contributed by atoms with Gasteiger partial charge in [-0.25, -0.2) is 9.78 Å². The SMILES string of the molecule is O=C(O)c1nc(Cc2ccc(Cl)cc2)cc(=O)[nH]1. The van der Waals surface area contributed by atoms with E-state index in [4.69, 9.17) is 16.7 Å². The molecule has 0 saturated heterocycles. The van der Waals surface area contributed by atoms with E-state index in [1.165, 1.54) is 6.07 Å². The number of H-pyrrole nitrogens is 1. The average molecular weight is 265 g/mol. The van der Waals surface area contributed by atoms with E-state index in [1.807, 2.05) is 0 Å². The van der Waals surface area contributed by atoms with Crippen molar-refractivity contribution in [3.05, 3.63) is 62.8 Å². The minimum absolute atomic E-state index is 0.355. The third kappa shape index (κ3) is 2.95. The van der Waals surface area contributed by atoms with Gasteiger partial charge in [-0.15, -0.1) is 0 Å². The first-order chi connectivity index (χ1) is 8.54. The molecule has 6 heteroatoms. The second kappa shape index (κ2) is 5.01. The van der Waals surface area contributed by atoms with Crippen LogP contribution in [0.25, 0.3) is 0 Å². The molecular formula is C12H9ClN2O3. The number of nitrogens with zero attached hydrogens (tertiary/aromatic N) is 1. The molecule has 2 N–H and O–H groups in total. The summed E-state index contributed by atoms with van der Waals surface area (Å²) >= 11 is 5.76. The van der Waals surface area contributed by atoms with Gasteiger partial charge in [0, 0.05) is 17.5 Å². The number of aromatic nitrogens is 2. The van der Waals surface area contributed by atoms with E-state index in [2.05, 4.69) is 9.97 Å². The molecule has 0 aliphatic carbocycles. The number of carboxylic acid groups (broad SMARTS) is 1. The fourth-order valence-corrected chi connectivity index (χ4v) is 1.64. The van der Waals surface area contributed by atoms with Crippen molar-refractivity contribution in [3.8, 4) is 0 Å². The van der Waals surface area contributed by atoms with Crippen LogP contribution in [-0.2, 0) is 6.42 Å². The third-order valence-electron chi connectivity index (χ3n) is 2.30. The fraction of sp³-hybridized carbons (Fsp3) is 0.0833. The summed E-state index contributed by atoms with van der Waals surface area (Å²) in [6.45, 7) is 0. The molecule has 2 aromatic rings. The molecule has 92 valence electrons. The lowest BCUT2D eigenvalue weighted by molar-refractivity contribution is 0.0682. The lowest BCUT2D eigenvalue weighted by Crippen LogP contribution is -2.16. The van der Waals surface area contributed by atoms with Crippen molar-refractivity contribution in [2.45, 2.75) is 6.42 Å². The van der Waals surface area contributed by atoms with Crippen LogP contribution in [0.3, 0.4) is 0 Å². The minimum Gasteiger partial charge on any atom is -0.475 e. The number of aromatic carboxylic acids is 1. The maximum absolute atomic E-state index is 11.3. The van der Waals surface area contributed by atoms with Crippen LogP contribution in [0.4, 0.5) is 0 Å².